The van der Waals surface area contributed by atoms with Crippen LogP contribution in [0.25, 0.3) is 5.95 Å². The molecule has 0 amide bonds. The molecular weight excluding hydrogens is 230 g/mol. The van der Waals surface area contributed by atoms with E-state index >= 15 is 0 Å². The summed E-state index contributed by atoms with van der Waals surface area (Å²) in [7, 11) is 1.78. The van der Waals surface area contributed by atoms with Gasteiger partial charge in [-0.15, -0.1) is 0 Å². The molecule has 0 saturated heterocycles. The molecule has 2 heterocycles. The first kappa shape index (κ1) is 12.3. The maximum atomic E-state index is 4.35. The highest BCUT2D eigenvalue weighted by molar-refractivity contribution is 5.37. The Morgan fingerprint density at radius 1 is 1.22 bits per heavy atom. The SMILES string of the molecule is CNc1nc(NCC(C)C)nc(-n2ccnc2)n1. The Hall–Kier alpha value is -2.18. The Morgan fingerprint density at radius 2 is 2.00 bits per heavy atom. The van der Waals surface area contributed by atoms with E-state index in [-0.39, 0.29) is 0 Å². The van der Waals surface area contributed by atoms with Crippen LogP contribution in [0.2, 0.25) is 0 Å². The summed E-state index contributed by atoms with van der Waals surface area (Å²) in [5, 5.41) is 6.11. The summed E-state index contributed by atoms with van der Waals surface area (Å²) in [5.74, 6) is 2.15. The van der Waals surface area contributed by atoms with Crippen LogP contribution >= 0.6 is 0 Å². The van der Waals surface area contributed by atoms with Crippen LogP contribution in [0.4, 0.5) is 11.9 Å². The van der Waals surface area contributed by atoms with Crippen LogP contribution in [-0.2, 0) is 0 Å². The number of rotatable bonds is 5. The van der Waals surface area contributed by atoms with E-state index in [1.165, 1.54) is 0 Å². The molecule has 2 aromatic heterocycles. The van der Waals surface area contributed by atoms with E-state index in [9.17, 15) is 0 Å². The van der Waals surface area contributed by atoms with Gasteiger partial charge in [0.05, 0.1) is 0 Å². The molecule has 0 spiro atoms. The van der Waals surface area contributed by atoms with E-state index in [1.807, 2.05) is 0 Å². The Morgan fingerprint density at radius 3 is 2.61 bits per heavy atom. The molecule has 2 N–H and O–H groups in total. The van der Waals surface area contributed by atoms with Crippen molar-refractivity contribution in [2.75, 3.05) is 24.2 Å². The molecule has 0 aliphatic carbocycles. The quantitative estimate of drug-likeness (QED) is 0.825. The topological polar surface area (TPSA) is 80.5 Å². The highest BCUT2D eigenvalue weighted by atomic mass is 15.3. The van der Waals surface area contributed by atoms with Crippen LogP contribution in [0.1, 0.15) is 13.8 Å². The van der Waals surface area contributed by atoms with Gasteiger partial charge >= 0.3 is 0 Å². The molecule has 0 aliphatic rings. The first-order valence-electron chi connectivity index (χ1n) is 5.85. The molecule has 7 nitrogen and oxygen atoms in total. The van der Waals surface area contributed by atoms with Gasteiger partial charge in [0.25, 0.3) is 0 Å². The summed E-state index contributed by atoms with van der Waals surface area (Å²) in [6, 6.07) is 0. The Labute approximate surface area is 106 Å². The largest absolute Gasteiger partial charge is 0.357 e. The van der Waals surface area contributed by atoms with E-state index < -0.39 is 0 Å². The first-order valence-corrected chi connectivity index (χ1v) is 5.85. The predicted molar refractivity (Wildman–Crippen MR) is 69.8 cm³/mol. The summed E-state index contributed by atoms with van der Waals surface area (Å²) >= 11 is 0. The molecule has 96 valence electrons. The number of hydrogen-bond acceptors (Lipinski definition) is 6. The van der Waals surface area contributed by atoms with Gasteiger partial charge in [-0.2, -0.15) is 15.0 Å². The molecule has 0 saturated carbocycles. The van der Waals surface area contributed by atoms with Crippen molar-refractivity contribution in [1.82, 2.24) is 24.5 Å². The lowest BCUT2D eigenvalue weighted by Gasteiger charge is -2.10. The predicted octanol–water partition coefficient (Wildman–Crippen LogP) is 1.17. The van der Waals surface area contributed by atoms with Gasteiger partial charge in [0, 0.05) is 26.0 Å². The van der Waals surface area contributed by atoms with Gasteiger partial charge in [-0.05, 0) is 5.92 Å². The van der Waals surface area contributed by atoms with Crippen molar-refractivity contribution in [2.24, 2.45) is 5.92 Å². The number of anilines is 2. The highest BCUT2D eigenvalue weighted by Gasteiger charge is 2.07. The second-order valence-electron chi connectivity index (χ2n) is 4.28. The molecular formula is C11H17N7. The number of imidazole rings is 1. The van der Waals surface area contributed by atoms with Crippen molar-refractivity contribution in [1.29, 1.82) is 0 Å². The van der Waals surface area contributed by atoms with Crippen LogP contribution < -0.4 is 10.6 Å². The van der Waals surface area contributed by atoms with Crippen molar-refractivity contribution in [3.63, 3.8) is 0 Å². The van der Waals surface area contributed by atoms with Crippen molar-refractivity contribution in [2.45, 2.75) is 13.8 Å². The van der Waals surface area contributed by atoms with E-state index in [2.05, 4.69) is 44.4 Å². The maximum Gasteiger partial charge on any atom is 0.241 e. The summed E-state index contributed by atoms with van der Waals surface area (Å²) in [4.78, 5) is 16.9. The van der Waals surface area contributed by atoms with Crippen LogP contribution in [0.3, 0.4) is 0 Å². The third-order valence-corrected chi connectivity index (χ3v) is 2.25. The van der Waals surface area contributed by atoms with Gasteiger partial charge in [-0.25, -0.2) is 4.98 Å². The van der Waals surface area contributed by atoms with Crippen LogP contribution in [0.5, 0.6) is 0 Å². The Balaban J connectivity index is 2.27. The lowest BCUT2D eigenvalue weighted by molar-refractivity contribution is 0.683. The average molecular weight is 247 g/mol. The fourth-order valence-electron chi connectivity index (χ4n) is 1.34. The van der Waals surface area contributed by atoms with E-state index in [1.54, 1.807) is 30.3 Å². The van der Waals surface area contributed by atoms with E-state index in [0.717, 1.165) is 6.54 Å². The zero-order valence-electron chi connectivity index (χ0n) is 10.8. The van der Waals surface area contributed by atoms with Crippen molar-refractivity contribution >= 4 is 11.9 Å². The van der Waals surface area contributed by atoms with Crippen molar-refractivity contribution in [3.8, 4) is 5.95 Å². The lowest BCUT2D eigenvalue weighted by Crippen LogP contribution is -2.14. The van der Waals surface area contributed by atoms with Gasteiger partial charge in [-0.3, -0.25) is 4.57 Å². The second-order valence-corrected chi connectivity index (χ2v) is 4.28. The lowest BCUT2D eigenvalue weighted by atomic mass is 10.2. The molecule has 0 aromatic carbocycles. The van der Waals surface area contributed by atoms with Gasteiger partial charge in [0.1, 0.15) is 6.33 Å². The molecule has 0 fully saturated rings. The van der Waals surface area contributed by atoms with Gasteiger partial charge < -0.3 is 10.6 Å². The Bertz CT molecular complexity index is 492. The minimum absolute atomic E-state index is 0.525. The molecule has 0 unspecified atom stereocenters. The molecule has 7 heteroatoms. The summed E-state index contributed by atoms with van der Waals surface area (Å²) in [6.07, 6.45) is 5.13. The number of nitrogens with zero attached hydrogens (tertiary/aromatic N) is 5. The van der Waals surface area contributed by atoms with Gasteiger partial charge in [0.2, 0.25) is 17.8 Å². The zero-order valence-corrected chi connectivity index (χ0v) is 10.8. The monoisotopic (exact) mass is 247 g/mol. The minimum Gasteiger partial charge on any atom is -0.357 e. The van der Waals surface area contributed by atoms with Gasteiger partial charge in [-0.1, -0.05) is 13.8 Å². The number of aromatic nitrogens is 5. The van der Waals surface area contributed by atoms with E-state index in [4.69, 9.17) is 0 Å². The molecule has 2 aromatic rings. The summed E-state index contributed by atoms with van der Waals surface area (Å²) in [6.45, 7) is 5.07. The van der Waals surface area contributed by atoms with Crippen LogP contribution in [0.15, 0.2) is 18.7 Å². The van der Waals surface area contributed by atoms with Crippen molar-refractivity contribution < 1.29 is 0 Å². The third kappa shape index (κ3) is 2.93. The summed E-state index contributed by atoms with van der Waals surface area (Å²) < 4.78 is 1.74. The molecule has 2 rings (SSSR count). The van der Waals surface area contributed by atoms with Crippen LogP contribution in [0, 0.1) is 5.92 Å². The number of nitrogens with one attached hydrogen (secondary N) is 2. The smallest absolute Gasteiger partial charge is 0.241 e. The second kappa shape index (κ2) is 5.44. The van der Waals surface area contributed by atoms with Crippen molar-refractivity contribution in [3.05, 3.63) is 18.7 Å². The zero-order chi connectivity index (χ0) is 13.0. The highest BCUT2D eigenvalue weighted by Crippen LogP contribution is 2.09. The standard InChI is InChI=1S/C11H17N7/c1-8(2)6-14-10-15-9(12-3)16-11(17-10)18-5-4-13-7-18/h4-5,7-8H,6H2,1-3H3,(H2,12,14,15,16,17). The Kier molecular flexibility index (Phi) is 3.71. The third-order valence-electron chi connectivity index (χ3n) is 2.25. The molecule has 0 bridgehead atoms. The fourth-order valence-corrected chi connectivity index (χ4v) is 1.34. The molecule has 18 heavy (non-hydrogen) atoms. The molecule has 0 radical (unpaired) electrons. The molecule has 0 atom stereocenters. The molecule has 0 aliphatic heterocycles. The van der Waals surface area contributed by atoms with Crippen LogP contribution in [-0.4, -0.2) is 38.1 Å². The fraction of sp³-hybridized carbons (Fsp3) is 0.455. The normalized spacial score (nSPS) is 10.7. The van der Waals surface area contributed by atoms with Gasteiger partial charge in [0.15, 0.2) is 0 Å². The first-order chi connectivity index (χ1) is 8.69. The number of hydrogen-bond donors (Lipinski definition) is 2. The van der Waals surface area contributed by atoms with E-state index in [0.29, 0.717) is 23.8 Å². The summed E-state index contributed by atoms with van der Waals surface area (Å²) in [5.41, 5.74) is 0. The minimum atomic E-state index is 0.525. The average Bonchev–Trinajstić information content (AvgIpc) is 2.89. The maximum absolute atomic E-state index is 4.35.